The number of rotatable bonds is 6. The molecule has 2 heterocycles. The van der Waals surface area contributed by atoms with Gasteiger partial charge in [-0.15, -0.1) is 24.0 Å². The zero-order valence-corrected chi connectivity index (χ0v) is 21.5. The minimum Gasteiger partial charge on any atom is -0.444 e. The second-order valence-electron chi connectivity index (χ2n) is 9.32. The van der Waals surface area contributed by atoms with Gasteiger partial charge in [0.2, 0.25) is 0 Å². The summed E-state index contributed by atoms with van der Waals surface area (Å²) in [5.74, 6) is 1.23. The Morgan fingerprint density at radius 2 is 1.86 bits per heavy atom. The van der Waals surface area contributed by atoms with E-state index in [2.05, 4.69) is 41.2 Å². The number of carbonyl (C=O) groups excluding carboxylic acids is 1. The molecule has 2 aliphatic heterocycles. The first-order valence-electron chi connectivity index (χ1n) is 11.0. The van der Waals surface area contributed by atoms with E-state index in [4.69, 9.17) is 9.73 Å². The van der Waals surface area contributed by atoms with E-state index >= 15 is 0 Å². The van der Waals surface area contributed by atoms with Gasteiger partial charge in [0.15, 0.2) is 5.96 Å². The largest absolute Gasteiger partial charge is 0.444 e. The fraction of sp³-hybridized carbons (Fsp3) is 0.905. The van der Waals surface area contributed by atoms with Crippen molar-refractivity contribution in [2.24, 2.45) is 10.9 Å². The Kier molecular flexibility index (Phi) is 11.0. The Balaban J connectivity index is 0.00000420. The number of aliphatic imine (C=N–C) groups is 1. The molecule has 2 rings (SSSR count). The second-order valence-corrected chi connectivity index (χ2v) is 9.32. The zero-order chi connectivity index (χ0) is 20.7. The Labute approximate surface area is 194 Å². The average Bonchev–Trinajstić information content (AvgIpc) is 3.26. The molecule has 0 aromatic rings. The lowest BCUT2D eigenvalue weighted by Gasteiger charge is -2.27. The fourth-order valence-electron chi connectivity index (χ4n) is 3.83. The standard InChI is InChI=1S/C21H41N5O2.HI/c1-7-22-19(26-13-10-17(15-26)25-11-8-9-12-25)23-14-18(16(2)3)24-20(27)28-21(4,5)6;/h16-18H,7-15H2,1-6H3,(H,22,23)(H,24,27);1H. The zero-order valence-electron chi connectivity index (χ0n) is 19.2. The Morgan fingerprint density at radius 3 is 2.41 bits per heavy atom. The molecule has 1 amide bonds. The van der Waals surface area contributed by atoms with Crippen molar-refractivity contribution in [3.8, 4) is 0 Å². The highest BCUT2D eigenvalue weighted by Crippen LogP contribution is 2.20. The van der Waals surface area contributed by atoms with Gasteiger partial charge in [-0.3, -0.25) is 9.89 Å². The summed E-state index contributed by atoms with van der Waals surface area (Å²) in [6.07, 6.45) is 3.49. The monoisotopic (exact) mass is 523 g/mol. The van der Waals surface area contributed by atoms with Crippen LogP contribution >= 0.6 is 24.0 Å². The van der Waals surface area contributed by atoms with Gasteiger partial charge in [-0.25, -0.2) is 4.79 Å². The van der Waals surface area contributed by atoms with E-state index in [0.29, 0.717) is 12.6 Å². The number of likely N-dealkylation sites (tertiary alicyclic amines) is 2. The molecule has 2 unspecified atom stereocenters. The molecule has 0 aromatic heterocycles. The van der Waals surface area contributed by atoms with Crippen molar-refractivity contribution in [3.63, 3.8) is 0 Å². The van der Waals surface area contributed by atoms with Crippen LogP contribution < -0.4 is 10.6 Å². The number of halogens is 1. The van der Waals surface area contributed by atoms with Crippen molar-refractivity contribution in [2.45, 2.75) is 78.5 Å². The number of hydrogen-bond acceptors (Lipinski definition) is 4. The predicted octanol–water partition coefficient (Wildman–Crippen LogP) is 3.29. The third-order valence-corrected chi connectivity index (χ3v) is 5.40. The molecule has 7 nitrogen and oxygen atoms in total. The molecule has 8 heteroatoms. The van der Waals surface area contributed by atoms with Crippen molar-refractivity contribution < 1.29 is 9.53 Å². The van der Waals surface area contributed by atoms with Gasteiger partial charge in [-0.1, -0.05) is 13.8 Å². The summed E-state index contributed by atoms with van der Waals surface area (Å²) < 4.78 is 5.41. The van der Waals surface area contributed by atoms with Crippen LogP contribution in [0.25, 0.3) is 0 Å². The number of ether oxygens (including phenoxy) is 1. The van der Waals surface area contributed by atoms with Gasteiger partial charge in [0.05, 0.1) is 12.6 Å². The van der Waals surface area contributed by atoms with Crippen LogP contribution in [0.1, 0.15) is 60.8 Å². The molecule has 2 aliphatic rings. The molecule has 2 saturated heterocycles. The summed E-state index contributed by atoms with van der Waals surface area (Å²) in [5.41, 5.74) is -0.496. The minimum atomic E-state index is -0.496. The number of carbonyl (C=O) groups is 1. The maximum Gasteiger partial charge on any atom is 0.407 e. The number of nitrogens with zero attached hydrogens (tertiary/aromatic N) is 3. The molecule has 0 saturated carbocycles. The van der Waals surface area contributed by atoms with Gasteiger partial charge >= 0.3 is 6.09 Å². The third-order valence-electron chi connectivity index (χ3n) is 5.40. The Morgan fingerprint density at radius 1 is 1.21 bits per heavy atom. The summed E-state index contributed by atoms with van der Waals surface area (Å²) in [4.78, 5) is 22.0. The molecule has 2 atom stereocenters. The lowest BCUT2D eigenvalue weighted by molar-refractivity contribution is 0.0493. The molecule has 0 radical (unpaired) electrons. The topological polar surface area (TPSA) is 69.2 Å². The molecular weight excluding hydrogens is 481 g/mol. The highest BCUT2D eigenvalue weighted by Gasteiger charge is 2.31. The molecule has 0 aromatic carbocycles. The maximum atomic E-state index is 12.2. The molecule has 2 fully saturated rings. The average molecular weight is 524 g/mol. The van der Waals surface area contributed by atoms with Crippen LogP contribution in [-0.2, 0) is 4.74 Å². The van der Waals surface area contributed by atoms with Gasteiger partial charge < -0.3 is 20.3 Å². The van der Waals surface area contributed by atoms with E-state index in [1.807, 2.05) is 20.8 Å². The van der Waals surface area contributed by atoms with Crippen LogP contribution in [0, 0.1) is 5.92 Å². The van der Waals surface area contributed by atoms with E-state index in [1.54, 1.807) is 0 Å². The van der Waals surface area contributed by atoms with Gasteiger partial charge in [0.25, 0.3) is 0 Å². The highest BCUT2D eigenvalue weighted by atomic mass is 127. The molecule has 0 spiro atoms. The van der Waals surface area contributed by atoms with Gasteiger partial charge in [0.1, 0.15) is 5.60 Å². The predicted molar refractivity (Wildman–Crippen MR) is 130 cm³/mol. The number of hydrogen-bond donors (Lipinski definition) is 2. The number of alkyl carbamates (subject to hydrolysis) is 1. The molecule has 0 bridgehead atoms. The first-order chi connectivity index (χ1) is 13.2. The summed E-state index contributed by atoms with van der Waals surface area (Å²) in [6.45, 7) is 17.9. The molecule has 0 aliphatic carbocycles. The molecule has 2 N–H and O–H groups in total. The van der Waals surface area contributed by atoms with E-state index in [-0.39, 0.29) is 42.0 Å². The lowest BCUT2D eigenvalue weighted by atomic mass is 10.1. The van der Waals surface area contributed by atoms with Crippen molar-refractivity contribution >= 4 is 36.0 Å². The summed E-state index contributed by atoms with van der Waals surface area (Å²) in [6, 6.07) is 0.590. The van der Waals surface area contributed by atoms with Gasteiger partial charge in [0, 0.05) is 25.7 Å². The second kappa shape index (κ2) is 12.2. The van der Waals surface area contributed by atoms with Crippen molar-refractivity contribution in [1.82, 2.24) is 20.4 Å². The van der Waals surface area contributed by atoms with E-state index < -0.39 is 5.60 Å². The Hall–Kier alpha value is -0.770. The van der Waals surface area contributed by atoms with Crippen molar-refractivity contribution in [1.29, 1.82) is 0 Å². The fourth-order valence-corrected chi connectivity index (χ4v) is 3.83. The van der Waals surface area contributed by atoms with Gasteiger partial charge in [-0.05, 0) is 66.0 Å². The summed E-state index contributed by atoms with van der Waals surface area (Å²) >= 11 is 0. The smallest absolute Gasteiger partial charge is 0.407 e. The molecule has 29 heavy (non-hydrogen) atoms. The van der Waals surface area contributed by atoms with Crippen molar-refractivity contribution in [3.05, 3.63) is 0 Å². The van der Waals surface area contributed by atoms with Crippen LogP contribution in [0.2, 0.25) is 0 Å². The number of guanidine groups is 1. The van der Waals surface area contributed by atoms with Crippen LogP contribution in [0.4, 0.5) is 4.79 Å². The lowest BCUT2D eigenvalue weighted by Crippen LogP contribution is -2.46. The first-order valence-corrected chi connectivity index (χ1v) is 11.0. The number of nitrogens with one attached hydrogen (secondary N) is 2. The normalized spacial score (nSPS) is 21.8. The first kappa shape index (κ1) is 26.3. The SMILES string of the molecule is CCNC(=NCC(NC(=O)OC(C)(C)C)C(C)C)N1CCC(N2CCCC2)C1.I. The maximum absolute atomic E-state index is 12.2. The summed E-state index contributed by atoms with van der Waals surface area (Å²) in [5, 5.41) is 6.43. The number of amides is 1. The molecular formula is C21H42IN5O2. The highest BCUT2D eigenvalue weighted by molar-refractivity contribution is 14.0. The van der Waals surface area contributed by atoms with E-state index in [0.717, 1.165) is 25.6 Å². The minimum absolute atomic E-state index is 0. The quantitative estimate of drug-likeness (QED) is 0.318. The third kappa shape index (κ3) is 8.86. The van der Waals surface area contributed by atoms with E-state index in [9.17, 15) is 4.79 Å². The van der Waals surface area contributed by atoms with Gasteiger partial charge in [-0.2, -0.15) is 0 Å². The summed E-state index contributed by atoms with van der Waals surface area (Å²) in [7, 11) is 0. The van der Waals surface area contributed by atoms with Crippen molar-refractivity contribution in [2.75, 3.05) is 39.3 Å². The van der Waals surface area contributed by atoms with Crippen LogP contribution in [-0.4, -0.2) is 78.8 Å². The van der Waals surface area contributed by atoms with Crippen LogP contribution in [0.5, 0.6) is 0 Å². The van der Waals surface area contributed by atoms with E-state index in [1.165, 1.54) is 32.4 Å². The van der Waals surface area contributed by atoms with Crippen LogP contribution in [0.3, 0.4) is 0 Å². The molecule has 170 valence electrons. The Bertz CT molecular complexity index is 530. The van der Waals surface area contributed by atoms with Crippen LogP contribution in [0.15, 0.2) is 4.99 Å².